The molecule has 4 nitrogen and oxygen atoms in total. The highest BCUT2D eigenvalue weighted by atomic mass is 32.2. The number of thioether (sulfide) groups is 1. The molecule has 0 radical (unpaired) electrons. The molecule has 0 saturated carbocycles. The Kier molecular flexibility index (Phi) is 4.52. The Morgan fingerprint density at radius 1 is 1.16 bits per heavy atom. The van der Waals surface area contributed by atoms with Crippen LogP contribution in [0.3, 0.4) is 0 Å². The third-order valence-corrected chi connectivity index (χ3v) is 3.20. The molecule has 1 N–H and O–H groups in total. The monoisotopic (exact) mass is 273 g/mol. The zero-order valence-corrected chi connectivity index (χ0v) is 11.7. The molecular weight excluding hydrogens is 258 g/mol. The van der Waals surface area contributed by atoms with Crippen molar-refractivity contribution in [2.45, 2.75) is 19.0 Å². The number of nitrogens with zero attached hydrogens (tertiary/aromatic N) is 2. The summed E-state index contributed by atoms with van der Waals surface area (Å²) in [6.07, 6.45) is 0. The SMILES string of the molecule is Cc1cc(C)nc(SCC(=O)Nc2ccccc2)n1. The highest BCUT2D eigenvalue weighted by Gasteiger charge is 2.06. The lowest BCUT2D eigenvalue weighted by atomic mass is 10.3. The summed E-state index contributed by atoms with van der Waals surface area (Å²) in [6.45, 7) is 3.84. The van der Waals surface area contributed by atoms with Crippen LogP contribution in [-0.2, 0) is 4.79 Å². The number of amides is 1. The summed E-state index contributed by atoms with van der Waals surface area (Å²) < 4.78 is 0. The van der Waals surface area contributed by atoms with Crippen molar-refractivity contribution in [1.82, 2.24) is 9.97 Å². The molecule has 0 aliphatic carbocycles. The summed E-state index contributed by atoms with van der Waals surface area (Å²) in [6, 6.07) is 11.3. The number of carbonyl (C=O) groups excluding carboxylic acids is 1. The van der Waals surface area contributed by atoms with E-state index >= 15 is 0 Å². The van der Waals surface area contributed by atoms with E-state index in [-0.39, 0.29) is 5.91 Å². The Bertz CT molecular complexity index is 552. The lowest BCUT2D eigenvalue weighted by molar-refractivity contribution is -0.113. The van der Waals surface area contributed by atoms with Crippen molar-refractivity contribution in [1.29, 1.82) is 0 Å². The number of rotatable bonds is 4. The van der Waals surface area contributed by atoms with Crippen molar-refractivity contribution in [3.8, 4) is 0 Å². The number of aryl methyl sites for hydroxylation is 2. The van der Waals surface area contributed by atoms with Crippen molar-refractivity contribution in [2.75, 3.05) is 11.1 Å². The minimum Gasteiger partial charge on any atom is -0.325 e. The first kappa shape index (κ1) is 13.5. The Balaban J connectivity index is 1.90. The van der Waals surface area contributed by atoms with E-state index in [0.717, 1.165) is 17.1 Å². The molecule has 19 heavy (non-hydrogen) atoms. The third-order valence-electron chi connectivity index (χ3n) is 2.35. The van der Waals surface area contributed by atoms with Gasteiger partial charge in [-0.3, -0.25) is 4.79 Å². The minimum absolute atomic E-state index is 0.0565. The van der Waals surface area contributed by atoms with Gasteiger partial charge in [0.25, 0.3) is 0 Å². The number of carbonyl (C=O) groups is 1. The fourth-order valence-corrected chi connectivity index (χ4v) is 2.36. The summed E-state index contributed by atoms with van der Waals surface area (Å²) in [5.41, 5.74) is 2.63. The van der Waals surface area contributed by atoms with Gasteiger partial charge in [0.15, 0.2) is 5.16 Å². The highest BCUT2D eigenvalue weighted by Crippen LogP contribution is 2.14. The van der Waals surface area contributed by atoms with Crippen LogP contribution < -0.4 is 5.32 Å². The van der Waals surface area contributed by atoms with Crippen LogP contribution in [0.15, 0.2) is 41.6 Å². The third kappa shape index (κ3) is 4.37. The van der Waals surface area contributed by atoms with Gasteiger partial charge in [-0.2, -0.15) is 0 Å². The van der Waals surface area contributed by atoms with E-state index in [1.807, 2.05) is 50.2 Å². The van der Waals surface area contributed by atoms with Gasteiger partial charge in [-0.1, -0.05) is 30.0 Å². The maximum atomic E-state index is 11.8. The van der Waals surface area contributed by atoms with Crippen LogP contribution in [0.5, 0.6) is 0 Å². The molecule has 0 aliphatic heterocycles. The van der Waals surface area contributed by atoms with Crippen LogP contribution >= 0.6 is 11.8 Å². The molecule has 1 aromatic heterocycles. The normalized spacial score (nSPS) is 10.2. The van der Waals surface area contributed by atoms with Crippen molar-refractivity contribution in [2.24, 2.45) is 0 Å². The van der Waals surface area contributed by atoms with Crippen LogP contribution in [0.25, 0.3) is 0 Å². The minimum atomic E-state index is -0.0565. The predicted octanol–water partition coefficient (Wildman–Crippen LogP) is 2.82. The van der Waals surface area contributed by atoms with Gasteiger partial charge in [-0.25, -0.2) is 9.97 Å². The molecule has 1 aromatic carbocycles. The number of anilines is 1. The molecule has 98 valence electrons. The average molecular weight is 273 g/mol. The van der Waals surface area contributed by atoms with Gasteiger partial charge in [0.2, 0.25) is 5.91 Å². The second-order valence-corrected chi connectivity index (χ2v) is 5.08. The molecule has 0 unspecified atom stereocenters. The predicted molar refractivity (Wildman–Crippen MR) is 77.3 cm³/mol. The van der Waals surface area contributed by atoms with Crippen LogP contribution in [-0.4, -0.2) is 21.6 Å². The number of benzene rings is 1. The van der Waals surface area contributed by atoms with Crippen molar-refractivity contribution in [3.63, 3.8) is 0 Å². The second kappa shape index (κ2) is 6.33. The van der Waals surface area contributed by atoms with Crippen LogP contribution in [0.1, 0.15) is 11.4 Å². The zero-order chi connectivity index (χ0) is 13.7. The highest BCUT2D eigenvalue weighted by molar-refractivity contribution is 7.99. The second-order valence-electron chi connectivity index (χ2n) is 4.14. The van der Waals surface area contributed by atoms with E-state index in [0.29, 0.717) is 10.9 Å². The van der Waals surface area contributed by atoms with Crippen LogP contribution in [0, 0.1) is 13.8 Å². The largest absolute Gasteiger partial charge is 0.325 e. The van der Waals surface area contributed by atoms with Gasteiger partial charge in [-0.05, 0) is 32.0 Å². The topological polar surface area (TPSA) is 54.9 Å². The fourth-order valence-electron chi connectivity index (χ4n) is 1.61. The van der Waals surface area contributed by atoms with Gasteiger partial charge in [0.1, 0.15) is 0 Å². The Morgan fingerprint density at radius 2 is 1.79 bits per heavy atom. The van der Waals surface area contributed by atoms with Gasteiger partial charge in [0, 0.05) is 17.1 Å². The van der Waals surface area contributed by atoms with Crippen molar-refractivity contribution < 1.29 is 4.79 Å². The maximum absolute atomic E-state index is 11.8. The van der Waals surface area contributed by atoms with E-state index < -0.39 is 0 Å². The molecule has 0 aliphatic rings. The molecule has 2 rings (SSSR count). The molecule has 0 spiro atoms. The molecule has 0 atom stereocenters. The summed E-state index contributed by atoms with van der Waals surface area (Å²) in [4.78, 5) is 20.3. The molecule has 1 heterocycles. The Morgan fingerprint density at radius 3 is 2.42 bits per heavy atom. The fraction of sp³-hybridized carbons (Fsp3) is 0.214. The first-order valence-electron chi connectivity index (χ1n) is 5.93. The Hall–Kier alpha value is -1.88. The first-order valence-corrected chi connectivity index (χ1v) is 6.92. The number of aromatic nitrogens is 2. The zero-order valence-electron chi connectivity index (χ0n) is 10.9. The van der Waals surface area contributed by atoms with E-state index in [9.17, 15) is 4.79 Å². The first-order chi connectivity index (χ1) is 9.13. The van der Waals surface area contributed by atoms with E-state index in [1.54, 1.807) is 0 Å². The number of para-hydroxylation sites is 1. The summed E-state index contributed by atoms with van der Waals surface area (Å²) in [5.74, 6) is 0.247. The van der Waals surface area contributed by atoms with Gasteiger partial charge >= 0.3 is 0 Å². The number of nitrogens with one attached hydrogen (secondary N) is 1. The van der Waals surface area contributed by atoms with Gasteiger partial charge < -0.3 is 5.32 Å². The Labute approximate surface area is 116 Å². The molecule has 0 bridgehead atoms. The molecule has 5 heteroatoms. The molecule has 0 saturated heterocycles. The number of hydrogen-bond donors (Lipinski definition) is 1. The molecule has 2 aromatic rings. The van der Waals surface area contributed by atoms with E-state index in [2.05, 4.69) is 15.3 Å². The molecule has 0 fully saturated rings. The smallest absolute Gasteiger partial charge is 0.234 e. The quantitative estimate of drug-likeness (QED) is 0.687. The lowest BCUT2D eigenvalue weighted by Crippen LogP contribution is -2.14. The summed E-state index contributed by atoms with van der Waals surface area (Å²) in [5, 5.41) is 3.47. The van der Waals surface area contributed by atoms with Gasteiger partial charge in [0.05, 0.1) is 5.75 Å². The van der Waals surface area contributed by atoms with E-state index in [4.69, 9.17) is 0 Å². The average Bonchev–Trinajstić information content (AvgIpc) is 2.36. The van der Waals surface area contributed by atoms with Crippen molar-refractivity contribution in [3.05, 3.63) is 47.8 Å². The maximum Gasteiger partial charge on any atom is 0.234 e. The van der Waals surface area contributed by atoms with Crippen LogP contribution in [0.2, 0.25) is 0 Å². The van der Waals surface area contributed by atoms with Crippen LogP contribution in [0.4, 0.5) is 5.69 Å². The summed E-state index contributed by atoms with van der Waals surface area (Å²) >= 11 is 1.34. The number of hydrogen-bond acceptors (Lipinski definition) is 4. The molecular formula is C14H15N3OS. The van der Waals surface area contributed by atoms with Gasteiger partial charge in [-0.15, -0.1) is 0 Å². The summed E-state index contributed by atoms with van der Waals surface area (Å²) in [7, 11) is 0. The lowest BCUT2D eigenvalue weighted by Gasteiger charge is -2.05. The van der Waals surface area contributed by atoms with Crippen molar-refractivity contribution >= 4 is 23.4 Å². The van der Waals surface area contributed by atoms with E-state index in [1.165, 1.54) is 11.8 Å². The standard InChI is InChI=1S/C14H15N3OS/c1-10-8-11(2)16-14(15-10)19-9-13(18)17-12-6-4-3-5-7-12/h3-8H,9H2,1-2H3,(H,17,18). The molecule has 1 amide bonds.